The Kier molecular flexibility index (Phi) is 11.6. The summed E-state index contributed by atoms with van der Waals surface area (Å²) in [5.41, 5.74) is 5.93. The molecule has 0 fully saturated rings. The van der Waals surface area contributed by atoms with Gasteiger partial charge in [0.2, 0.25) is 0 Å². The van der Waals surface area contributed by atoms with Gasteiger partial charge in [-0.3, -0.25) is 14.3 Å². The third-order valence-electron chi connectivity index (χ3n) is 6.77. The number of nitrogens with zero attached hydrogens (tertiary/aromatic N) is 2. The predicted molar refractivity (Wildman–Crippen MR) is 170 cm³/mol. The van der Waals surface area contributed by atoms with Crippen molar-refractivity contribution in [1.82, 2.24) is 9.55 Å². The fourth-order valence-corrected chi connectivity index (χ4v) is 5.51. The van der Waals surface area contributed by atoms with Crippen LogP contribution in [0.25, 0.3) is 32.6 Å². The fourth-order valence-electron chi connectivity index (χ4n) is 4.64. The number of pyridine rings is 1. The van der Waals surface area contributed by atoms with Crippen LogP contribution in [-0.4, -0.2) is 22.8 Å². The Balaban J connectivity index is 0.000000517. The van der Waals surface area contributed by atoms with E-state index in [0.29, 0.717) is 17.7 Å². The van der Waals surface area contributed by atoms with Gasteiger partial charge in [0.25, 0.3) is 0 Å². The van der Waals surface area contributed by atoms with Gasteiger partial charge in [-0.15, -0.1) is 0 Å². The maximum atomic E-state index is 13.8. The standard InChI is InChI=1S/C29H24F2N2OS.C6H14O/c1-2-3-5-19-8-10-26(32-17-19)22-7-4-6-20(12-22)18-33-27-15-21(9-11-28(27)35-29(33)34)23-13-24(30)16-25(31)14-23;1-3-5-7-6-4-2/h4,6-17H,2-3,5,18H2,1H3;3-6H2,1-2H3. The lowest BCUT2D eigenvalue weighted by molar-refractivity contribution is 0.135. The first-order chi connectivity index (χ1) is 20.4. The van der Waals surface area contributed by atoms with Crippen LogP contribution in [0.3, 0.4) is 0 Å². The second-order valence-electron chi connectivity index (χ2n) is 10.3. The molecule has 0 saturated carbocycles. The van der Waals surface area contributed by atoms with Crippen LogP contribution in [-0.2, 0) is 17.7 Å². The number of aromatic nitrogens is 2. The van der Waals surface area contributed by atoms with E-state index in [-0.39, 0.29) is 4.87 Å². The molecule has 5 rings (SSSR count). The van der Waals surface area contributed by atoms with Crippen molar-refractivity contribution in [2.75, 3.05) is 13.2 Å². The van der Waals surface area contributed by atoms with Crippen molar-refractivity contribution in [2.45, 2.75) is 59.4 Å². The highest BCUT2D eigenvalue weighted by Crippen LogP contribution is 2.28. The van der Waals surface area contributed by atoms with Crippen LogP contribution in [0.5, 0.6) is 0 Å². The van der Waals surface area contributed by atoms with E-state index in [9.17, 15) is 13.6 Å². The van der Waals surface area contributed by atoms with Gasteiger partial charge >= 0.3 is 4.87 Å². The van der Waals surface area contributed by atoms with Crippen molar-refractivity contribution in [3.05, 3.63) is 111 Å². The highest BCUT2D eigenvalue weighted by Gasteiger charge is 2.12. The highest BCUT2D eigenvalue weighted by molar-refractivity contribution is 7.16. The number of aryl methyl sites for hydroxylation is 1. The van der Waals surface area contributed by atoms with Gasteiger partial charge in [0.05, 0.1) is 22.5 Å². The van der Waals surface area contributed by atoms with Crippen LogP contribution in [0, 0.1) is 11.6 Å². The molecule has 2 heterocycles. The summed E-state index contributed by atoms with van der Waals surface area (Å²) < 4.78 is 35.2. The number of ether oxygens (including phenoxy) is 1. The Morgan fingerprint density at radius 1 is 0.786 bits per heavy atom. The molecule has 4 nitrogen and oxygen atoms in total. The average Bonchev–Trinajstić information content (AvgIpc) is 3.30. The van der Waals surface area contributed by atoms with Gasteiger partial charge < -0.3 is 4.74 Å². The molecule has 5 aromatic rings. The van der Waals surface area contributed by atoms with Crippen LogP contribution in [0.1, 0.15) is 57.6 Å². The molecule has 0 saturated heterocycles. The van der Waals surface area contributed by atoms with Gasteiger partial charge in [0.1, 0.15) is 11.6 Å². The third-order valence-corrected chi connectivity index (χ3v) is 7.73. The van der Waals surface area contributed by atoms with Crippen molar-refractivity contribution in [3.8, 4) is 22.4 Å². The number of halogens is 2. The number of hydrogen-bond acceptors (Lipinski definition) is 4. The van der Waals surface area contributed by atoms with Crippen LogP contribution >= 0.6 is 11.3 Å². The number of rotatable bonds is 11. The Bertz CT molecular complexity index is 1620. The minimum Gasteiger partial charge on any atom is -0.381 e. The summed E-state index contributed by atoms with van der Waals surface area (Å²) >= 11 is 1.16. The molecule has 0 aliphatic rings. The molecule has 0 aliphatic heterocycles. The van der Waals surface area contributed by atoms with E-state index in [4.69, 9.17) is 4.74 Å². The highest BCUT2D eigenvalue weighted by atomic mass is 32.1. The summed E-state index contributed by atoms with van der Waals surface area (Å²) in [5.74, 6) is -1.27. The molecular formula is C35H38F2N2O2S. The monoisotopic (exact) mass is 588 g/mol. The van der Waals surface area contributed by atoms with Crippen molar-refractivity contribution < 1.29 is 13.5 Å². The Labute approximate surface area is 250 Å². The summed E-state index contributed by atoms with van der Waals surface area (Å²) in [6.07, 6.45) is 7.55. The number of thiazole rings is 1. The van der Waals surface area contributed by atoms with Crippen LogP contribution < -0.4 is 4.87 Å². The topological polar surface area (TPSA) is 44.1 Å². The molecule has 0 N–H and O–H groups in total. The van der Waals surface area contributed by atoms with E-state index in [0.717, 1.165) is 89.8 Å². The molecule has 7 heteroatoms. The van der Waals surface area contributed by atoms with E-state index < -0.39 is 11.6 Å². The van der Waals surface area contributed by atoms with Crippen molar-refractivity contribution in [2.24, 2.45) is 0 Å². The van der Waals surface area contributed by atoms with E-state index in [1.54, 1.807) is 10.6 Å². The van der Waals surface area contributed by atoms with Gasteiger partial charge in [0, 0.05) is 31.0 Å². The molecule has 0 amide bonds. The number of unbranched alkanes of at least 4 members (excludes halogenated alkanes) is 1. The summed E-state index contributed by atoms with van der Waals surface area (Å²) in [6, 6.07) is 21.1. The SMILES string of the molecule is CCCCc1ccc(-c2cccc(Cn3c(=O)sc4ccc(-c5cc(F)cc(F)c5)cc43)c2)nc1.CCCOCCC. The molecule has 0 aliphatic carbocycles. The summed E-state index contributed by atoms with van der Waals surface area (Å²) in [4.78, 5) is 17.4. The summed E-state index contributed by atoms with van der Waals surface area (Å²) in [6.45, 7) is 8.66. The molecule has 220 valence electrons. The van der Waals surface area contributed by atoms with E-state index in [1.807, 2.05) is 42.6 Å². The molecule has 2 aromatic heterocycles. The lowest BCUT2D eigenvalue weighted by Crippen LogP contribution is -2.13. The maximum absolute atomic E-state index is 13.8. The second-order valence-corrected chi connectivity index (χ2v) is 11.3. The summed E-state index contributed by atoms with van der Waals surface area (Å²) in [5, 5.41) is 0. The summed E-state index contributed by atoms with van der Waals surface area (Å²) in [7, 11) is 0. The van der Waals surface area contributed by atoms with E-state index in [1.165, 1.54) is 17.7 Å². The van der Waals surface area contributed by atoms with Gasteiger partial charge in [-0.25, -0.2) is 8.78 Å². The van der Waals surface area contributed by atoms with Crippen molar-refractivity contribution in [3.63, 3.8) is 0 Å². The number of hydrogen-bond donors (Lipinski definition) is 0. The normalized spacial score (nSPS) is 11.0. The molecule has 0 spiro atoms. The molecular weight excluding hydrogens is 550 g/mol. The molecule has 0 radical (unpaired) electrons. The predicted octanol–water partition coefficient (Wildman–Crippen LogP) is 9.28. The molecule has 0 atom stereocenters. The smallest absolute Gasteiger partial charge is 0.308 e. The fraction of sp³-hybridized carbons (Fsp3) is 0.314. The van der Waals surface area contributed by atoms with E-state index >= 15 is 0 Å². The zero-order valence-corrected chi connectivity index (χ0v) is 25.4. The molecule has 42 heavy (non-hydrogen) atoms. The first-order valence-corrected chi connectivity index (χ1v) is 15.4. The molecule has 0 unspecified atom stereocenters. The Morgan fingerprint density at radius 2 is 1.55 bits per heavy atom. The Morgan fingerprint density at radius 3 is 2.21 bits per heavy atom. The van der Waals surface area contributed by atoms with Gasteiger partial charge in [-0.2, -0.15) is 0 Å². The minimum absolute atomic E-state index is 0.0774. The van der Waals surface area contributed by atoms with Crippen molar-refractivity contribution >= 4 is 21.6 Å². The molecule has 3 aromatic carbocycles. The maximum Gasteiger partial charge on any atom is 0.308 e. The second kappa shape index (κ2) is 15.5. The third kappa shape index (κ3) is 8.43. The van der Waals surface area contributed by atoms with E-state index in [2.05, 4.69) is 37.9 Å². The van der Waals surface area contributed by atoms with Gasteiger partial charge in [-0.1, -0.05) is 68.9 Å². The van der Waals surface area contributed by atoms with Crippen LogP contribution in [0.2, 0.25) is 0 Å². The Hall–Kier alpha value is -3.68. The first-order valence-electron chi connectivity index (χ1n) is 14.6. The molecule has 0 bridgehead atoms. The largest absolute Gasteiger partial charge is 0.381 e. The average molecular weight is 589 g/mol. The van der Waals surface area contributed by atoms with Gasteiger partial charge in [-0.05, 0) is 84.3 Å². The van der Waals surface area contributed by atoms with Crippen LogP contribution in [0.15, 0.2) is 83.8 Å². The quantitative estimate of drug-likeness (QED) is 0.144. The zero-order chi connectivity index (χ0) is 29.9. The minimum atomic E-state index is -0.633. The number of benzene rings is 3. The van der Waals surface area contributed by atoms with Gasteiger partial charge in [0.15, 0.2) is 0 Å². The first kappa shape index (κ1) is 31.3. The zero-order valence-electron chi connectivity index (χ0n) is 24.5. The van der Waals surface area contributed by atoms with Crippen molar-refractivity contribution in [1.29, 1.82) is 0 Å². The lowest BCUT2D eigenvalue weighted by atomic mass is 10.0. The lowest BCUT2D eigenvalue weighted by Gasteiger charge is -2.09. The van der Waals surface area contributed by atoms with Crippen LogP contribution in [0.4, 0.5) is 8.78 Å². The number of fused-ring (bicyclic) bond motifs is 1.